The number of aromatic nitrogens is 1. The lowest BCUT2D eigenvalue weighted by Crippen LogP contribution is -2.00. The van der Waals surface area contributed by atoms with Crippen LogP contribution in [0.5, 0.6) is 0 Å². The molecule has 1 aromatic heterocycles. The Morgan fingerprint density at radius 3 is 2.87 bits per heavy atom. The molecule has 1 N–H and O–H groups in total. The number of fused-ring (bicyclic) bond motifs is 1. The zero-order chi connectivity index (χ0) is 10.5. The van der Waals surface area contributed by atoms with E-state index in [0.29, 0.717) is 0 Å². The van der Waals surface area contributed by atoms with E-state index in [4.69, 9.17) is 6.42 Å². The van der Waals surface area contributed by atoms with Gasteiger partial charge in [0.25, 0.3) is 0 Å². The average molecular weight is 260 g/mol. The molecule has 1 aliphatic carbocycles. The van der Waals surface area contributed by atoms with Gasteiger partial charge in [-0.05, 0) is 40.4 Å². The number of H-pyrrole nitrogens is 1. The van der Waals surface area contributed by atoms with Crippen LogP contribution in [0.1, 0.15) is 18.4 Å². The molecule has 15 heavy (non-hydrogen) atoms. The molecular formula is C13H10BrN. The molecule has 3 rings (SSSR count). The molecule has 1 aromatic carbocycles. The first-order valence-electron chi connectivity index (χ1n) is 5.01. The van der Waals surface area contributed by atoms with Gasteiger partial charge in [0, 0.05) is 16.1 Å². The highest BCUT2D eigenvalue weighted by Crippen LogP contribution is 2.50. The van der Waals surface area contributed by atoms with Crippen molar-refractivity contribution < 1.29 is 0 Å². The molecule has 74 valence electrons. The topological polar surface area (TPSA) is 15.8 Å². The average Bonchev–Trinajstić information content (AvgIpc) is 2.92. The normalized spacial score (nSPS) is 17.6. The van der Waals surface area contributed by atoms with Gasteiger partial charge in [0.1, 0.15) is 0 Å². The minimum atomic E-state index is 0.0129. The van der Waals surface area contributed by atoms with Crippen molar-refractivity contribution in [3.63, 3.8) is 0 Å². The minimum Gasteiger partial charge on any atom is -0.360 e. The van der Waals surface area contributed by atoms with Gasteiger partial charge in [-0.1, -0.05) is 18.1 Å². The zero-order valence-corrected chi connectivity index (χ0v) is 9.76. The van der Waals surface area contributed by atoms with E-state index in [-0.39, 0.29) is 5.41 Å². The van der Waals surface area contributed by atoms with Gasteiger partial charge in [0.2, 0.25) is 0 Å². The van der Waals surface area contributed by atoms with Gasteiger partial charge < -0.3 is 4.98 Å². The van der Waals surface area contributed by atoms with E-state index in [1.165, 1.54) is 10.9 Å². The third-order valence-corrected chi connectivity index (χ3v) is 3.87. The molecule has 0 radical (unpaired) electrons. The molecule has 1 heterocycles. The Balaban J connectivity index is 2.31. The molecular weight excluding hydrogens is 250 g/mol. The Bertz CT molecular complexity index is 570. The number of halogens is 1. The van der Waals surface area contributed by atoms with Crippen molar-refractivity contribution in [2.24, 2.45) is 0 Å². The number of nitrogens with one attached hydrogen (secondary N) is 1. The van der Waals surface area contributed by atoms with E-state index in [2.05, 4.69) is 45.2 Å². The molecule has 0 spiro atoms. The standard InChI is InChI=1S/C13H10BrN/c1-2-13(6-7-13)10-8-15-12-9(10)4-3-5-11(12)14/h1,3-5,8,15H,6-7H2. The van der Waals surface area contributed by atoms with E-state index >= 15 is 0 Å². The van der Waals surface area contributed by atoms with Gasteiger partial charge in [0.15, 0.2) is 0 Å². The molecule has 0 amide bonds. The monoisotopic (exact) mass is 259 g/mol. The number of terminal acetylenes is 1. The molecule has 1 saturated carbocycles. The Labute approximate surface area is 97.0 Å². The molecule has 1 fully saturated rings. The second kappa shape index (κ2) is 2.90. The molecule has 0 atom stereocenters. The number of benzene rings is 1. The fourth-order valence-corrected chi connectivity index (χ4v) is 2.61. The largest absolute Gasteiger partial charge is 0.360 e. The van der Waals surface area contributed by atoms with Crippen LogP contribution in [-0.2, 0) is 5.41 Å². The first-order valence-corrected chi connectivity index (χ1v) is 5.80. The van der Waals surface area contributed by atoms with Crippen LogP contribution in [0.3, 0.4) is 0 Å². The van der Waals surface area contributed by atoms with Gasteiger partial charge in [-0.15, -0.1) is 6.42 Å². The van der Waals surface area contributed by atoms with E-state index in [1.807, 2.05) is 6.07 Å². The summed E-state index contributed by atoms with van der Waals surface area (Å²) >= 11 is 3.54. The highest BCUT2D eigenvalue weighted by molar-refractivity contribution is 9.10. The maximum Gasteiger partial charge on any atom is 0.0601 e. The van der Waals surface area contributed by atoms with Gasteiger partial charge in [0.05, 0.1) is 10.9 Å². The third kappa shape index (κ3) is 1.16. The Morgan fingerprint density at radius 2 is 2.20 bits per heavy atom. The second-order valence-electron chi connectivity index (χ2n) is 4.09. The van der Waals surface area contributed by atoms with E-state index in [1.54, 1.807) is 0 Å². The quantitative estimate of drug-likeness (QED) is 0.754. The zero-order valence-electron chi connectivity index (χ0n) is 8.18. The predicted molar refractivity (Wildman–Crippen MR) is 65.7 cm³/mol. The maximum atomic E-state index is 5.61. The molecule has 1 aliphatic rings. The predicted octanol–water partition coefficient (Wildman–Crippen LogP) is 3.60. The van der Waals surface area contributed by atoms with E-state index in [9.17, 15) is 0 Å². The van der Waals surface area contributed by atoms with Crippen molar-refractivity contribution in [1.82, 2.24) is 4.98 Å². The van der Waals surface area contributed by atoms with Crippen LogP contribution in [0.15, 0.2) is 28.9 Å². The van der Waals surface area contributed by atoms with Crippen molar-refractivity contribution in [3.8, 4) is 12.3 Å². The van der Waals surface area contributed by atoms with Crippen LogP contribution in [0.2, 0.25) is 0 Å². The van der Waals surface area contributed by atoms with Crippen LogP contribution in [0.25, 0.3) is 10.9 Å². The van der Waals surface area contributed by atoms with Crippen molar-refractivity contribution >= 4 is 26.8 Å². The smallest absolute Gasteiger partial charge is 0.0601 e. The third-order valence-electron chi connectivity index (χ3n) is 3.21. The number of hydrogen-bond donors (Lipinski definition) is 1. The Morgan fingerprint density at radius 1 is 1.40 bits per heavy atom. The van der Waals surface area contributed by atoms with Crippen LogP contribution < -0.4 is 0 Å². The summed E-state index contributed by atoms with van der Waals surface area (Å²) in [6.07, 6.45) is 9.90. The van der Waals surface area contributed by atoms with Crippen LogP contribution in [0.4, 0.5) is 0 Å². The number of aromatic amines is 1. The summed E-state index contributed by atoms with van der Waals surface area (Å²) in [6.45, 7) is 0. The van der Waals surface area contributed by atoms with Gasteiger partial charge in [-0.2, -0.15) is 0 Å². The summed E-state index contributed by atoms with van der Waals surface area (Å²) in [4.78, 5) is 3.29. The van der Waals surface area contributed by atoms with Gasteiger partial charge in [-0.3, -0.25) is 0 Å². The summed E-state index contributed by atoms with van der Waals surface area (Å²) in [7, 11) is 0. The fourth-order valence-electron chi connectivity index (χ4n) is 2.13. The Hall–Kier alpha value is -1.20. The van der Waals surface area contributed by atoms with Gasteiger partial charge >= 0.3 is 0 Å². The lowest BCUT2D eigenvalue weighted by atomic mass is 9.97. The van der Waals surface area contributed by atoms with Crippen LogP contribution >= 0.6 is 15.9 Å². The second-order valence-corrected chi connectivity index (χ2v) is 4.95. The molecule has 2 aromatic rings. The summed E-state index contributed by atoms with van der Waals surface area (Å²) in [5.74, 6) is 2.93. The Kier molecular flexibility index (Phi) is 1.75. The summed E-state index contributed by atoms with van der Waals surface area (Å²) in [5, 5.41) is 1.25. The van der Waals surface area contributed by atoms with E-state index in [0.717, 1.165) is 22.8 Å². The van der Waals surface area contributed by atoms with E-state index < -0.39 is 0 Å². The number of hydrogen-bond acceptors (Lipinski definition) is 0. The SMILES string of the molecule is C#CC1(c2c[nH]c3c(Br)cccc23)CC1. The highest BCUT2D eigenvalue weighted by atomic mass is 79.9. The first-order chi connectivity index (χ1) is 7.27. The number of rotatable bonds is 1. The first kappa shape index (κ1) is 9.06. The van der Waals surface area contributed by atoms with Crippen molar-refractivity contribution in [3.05, 3.63) is 34.4 Å². The summed E-state index contributed by atoms with van der Waals surface area (Å²) < 4.78 is 1.10. The lowest BCUT2D eigenvalue weighted by molar-refractivity contribution is 0.942. The van der Waals surface area contributed by atoms with Crippen molar-refractivity contribution in [2.75, 3.05) is 0 Å². The van der Waals surface area contributed by atoms with Crippen LogP contribution in [-0.4, -0.2) is 4.98 Å². The molecule has 1 nitrogen and oxygen atoms in total. The molecule has 0 aliphatic heterocycles. The summed E-state index contributed by atoms with van der Waals surface area (Å²) in [5.41, 5.74) is 2.44. The minimum absolute atomic E-state index is 0.0129. The molecule has 0 unspecified atom stereocenters. The van der Waals surface area contributed by atoms with Gasteiger partial charge in [-0.25, -0.2) is 0 Å². The molecule has 2 heteroatoms. The highest BCUT2D eigenvalue weighted by Gasteiger charge is 2.44. The molecule has 0 bridgehead atoms. The maximum absolute atomic E-state index is 5.61. The fraction of sp³-hybridized carbons (Fsp3) is 0.231. The molecule has 0 saturated heterocycles. The number of para-hydroxylation sites is 1. The lowest BCUT2D eigenvalue weighted by Gasteiger charge is -2.05. The van der Waals surface area contributed by atoms with Crippen molar-refractivity contribution in [1.29, 1.82) is 0 Å². The van der Waals surface area contributed by atoms with Crippen molar-refractivity contribution in [2.45, 2.75) is 18.3 Å². The van der Waals surface area contributed by atoms with Crippen LogP contribution in [0, 0.1) is 12.3 Å². The summed E-state index contributed by atoms with van der Waals surface area (Å²) in [6, 6.07) is 6.22.